The molecule has 0 aromatic heterocycles. The third-order valence-electron chi connectivity index (χ3n) is 5.53. The molecule has 3 aromatic carbocycles. The van der Waals surface area contributed by atoms with Crippen LogP contribution in [0.25, 0.3) is 5.76 Å². The fraction of sp³-hybridized carbons (Fsp3) is 0.148. The van der Waals surface area contributed by atoms with E-state index in [0.717, 1.165) is 0 Å². The normalized spacial score (nSPS) is 16.9. The molecule has 178 valence electrons. The van der Waals surface area contributed by atoms with Gasteiger partial charge in [-0.3, -0.25) is 19.3 Å². The lowest BCUT2D eigenvalue weighted by molar-refractivity contribution is -0.132. The molecule has 3 aromatic rings. The van der Waals surface area contributed by atoms with Crippen molar-refractivity contribution in [3.05, 3.63) is 94.5 Å². The SMILES string of the molecule is CCOc1ccc(Cl)c(/C(O)=C2\C(=O)C(=O)N(c3ccc(NC(C)=O)cc3)C2c2ccccc2)c1. The average Bonchev–Trinajstić information content (AvgIpc) is 3.11. The second kappa shape index (κ2) is 10.0. The third-order valence-corrected chi connectivity index (χ3v) is 5.86. The smallest absolute Gasteiger partial charge is 0.300 e. The van der Waals surface area contributed by atoms with E-state index in [9.17, 15) is 19.5 Å². The topological polar surface area (TPSA) is 95.9 Å². The number of hydrogen-bond donors (Lipinski definition) is 2. The van der Waals surface area contributed by atoms with Gasteiger partial charge in [-0.05, 0) is 55.0 Å². The Balaban J connectivity index is 1.88. The Labute approximate surface area is 207 Å². The molecular formula is C27H23ClN2O5. The lowest BCUT2D eigenvalue weighted by Gasteiger charge is -2.25. The first kappa shape index (κ1) is 24.0. The Bertz CT molecular complexity index is 1320. The molecule has 7 nitrogen and oxygen atoms in total. The lowest BCUT2D eigenvalue weighted by Crippen LogP contribution is -2.29. The van der Waals surface area contributed by atoms with E-state index in [0.29, 0.717) is 29.3 Å². The van der Waals surface area contributed by atoms with Gasteiger partial charge in [0.05, 0.1) is 23.2 Å². The van der Waals surface area contributed by atoms with E-state index in [1.54, 1.807) is 66.7 Å². The number of halogens is 1. The van der Waals surface area contributed by atoms with Gasteiger partial charge in [-0.2, -0.15) is 0 Å². The lowest BCUT2D eigenvalue weighted by atomic mass is 9.95. The van der Waals surface area contributed by atoms with Crippen LogP contribution in [0.4, 0.5) is 11.4 Å². The number of nitrogens with zero attached hydrogens (tertiary/aromatic N) is 1. The zero-order valence-electron chi connectivity index (χ0n) is 19.1. The van der Waals surface area contributed by atoms with Crippen molar-refractivity contribution in [3.8, 4) is 5.75 Å². The Morgan fingerprint density at radius 3 is 2.37 bits per heavy atom. The molecule has 2 amide bonds. The quantitative estimate of drug-likeness (QED) is 0.277. The molecule has 0 aliphatic carbocycles. The predicted molar refractivity (Wildman–Crippen MR) is 135 cm³/mol. The molecular weight excluding hydrogens is 468 g/mol. The van der Waals surface area contributed by atoms with Crippen molar-refractivity contribution in [1.82, 2.24) is 0 Å². The van der Waals surface area contributed by atoms with Crippen LogP contribution in [0, 0.1) is 0 Å². The number of benzene rings is 3. The molecule has 0 radical (unpaired) electrons. The van der Waals surface area contributed by atoms with E-state index in [4.69, 9.17) is 16.3 Å². The maximum absolute atomic E-state index is 13.3. The Morgan fingerprint density at radius 1 is 1.06 bits per heavy atom. The number of Topliss-reactive ketones (excluding diaryl/α,β-unsaturated/α-hetero) is 1. The van der Waals surface area contributed by atoms with Gasteiger partial charge in [0.1, 0.15) is 11.5 Å². The first-order valence-electron chi connectivity index (χ1n) is 11.0. The van der Waals surface area contributed by atoms with Gasteiger partial charge >= 0.3 is 0 Å². The van der Waals surface area contributed by atoms with Gasteiger partial charge < -0.3 is 15.2 Å². The number of hydrogen-bond acceptors (Lipinski definition) is 5. The average molecular weight is 491 g/mol. The summed E-state index contributed by atoms with van der Waals surface area (Å²) in [5.41, 5.74) is 1.73. The van der Waals surface area contributed by atoms with E-state index in [1.165, 1.54) is 11.8 Å². The number of ketones is 1. The zero-order valence-corrected chi connectivity index (χ0v) is 19.9. The van der Waals surface area contributed by atoms with Crippen molar-refractivity contribution >= 4 is 46.3 Å². The fourth-order valence-corrected chi connectivity index (χ4v) is 4.25. The Hall–Kier alpha value is -4.10. The number of aliphatic hydroxyl groups excluding tert-OH is 1. The summed E-state index contributed by atoms with van der Waals surface area (Å²) in [6.07, 6.45) is 0. The summed E-state index contributed by atoms with van der Waals surface area (Å²) in [4.78, 5) is 39.2. The largest absolute Gasteiger partial charge is 0.507 e. The first-order valence-corrected chi connectivity index (χ1v) is 11.4. The predicted octanol–water partition coefficient (Wildman–Crippen LogP) is 5.32. The molecule has 35 heavy (non-hydrogen) atoms. The Morgan fingerprint density at radius 2 is 1.74 bits per heavy atom. The minimum atomic E-state index is -0.894. The van der Waals surface area contributed by atoms with Crippen molar-refractivity contribution in [2.45, 2.75) is 19.9 Å². The highest BCUT2D eigenvalue weighted by molar-refractivity contribution is 6.52. The van der Waals surface area contributed by atoms with Crippen molar-refractivity contribution in [3.63, 3.8) is 0 Å². The van der Waals surface area contributed by atoms with Gasteiger partial charge in [0.15, 0.2) is 0 Å². The summed E-state index contributed by atoms with van der Waals surface area (Å²) in [6.45, 7) is 3.63. The van der Waals surface area contributed by atoms with Crippen molar-refractivity contribution in [1.29, 1.82) is 0 Å². The van der Waals surface area contributed by atoms with Crippen LogP contribution in [0.15, 0.2) is 78.4 Å². The minimum absolute atomic E-state index is 0.0808. The maximum atomic E-state index is 13.3. The molecule has 1 atom stereocenters. The Kier molecular flexibility index (Phi) is 6.89. The van der Waals surface area contributed by atoms with Crippen LogP contribution >= 0.6 is 11.6 Å². The summed E-state index contributed by atoms with van der Waals surface area (Å²) < 4.78 is 5.52. The van der Waals surface area contributed by atoms with Crippen LogP contribution in [0.2, 0.25) is 5.02 Å². The van der Waals surface area contributed by atoms with Crippen LogP contribution in [0.1, 0.15) is 31.0 Å². The maximum Gasteiger partial charge on any atom is 0.300 e. The van der Waals surface area contributed by atoms with E-state index in [1.807, 2.05) is 13.0 Å². The monoisotopic (exact) mass is 490 g/mol. The summed E-state index contributed by atoms with van der Waals surface area (Å²) in [5.74, 6) is -1.77. The molecule has 2 N–H and O–H groups in total. The number of aliphatic hydroxyl groups is 1. The number of amides is 2. The molecule has 8 heteroatoms. The van der Waals surface area contributed by atoms with Crippen LogP contribution in [-0.2, 0) is 14.4 Å². The number of nitrogens with one attached hydrogen (secondary N) is 1. The van der Waals surface area contributed by atoms with E-state index >= 15 is 0 Å². The minimum Gasteiger partial charge on any atom is -0.507 e. The molecule has 4 rings (SSSR count). The van der Waals surface area contributed by atoms with Crippen LogP contribution in [0.5, 0.6) is 5.75 Å². The number of carbonyl (C=O) groups excluding carboxylic acids is 3. The highest BCUT2D eigenvalue weighted by Crippen LogP contribution is 2.43. The van der Waals surface area contributed by atoms with Gasteiger partial charge in [0, 0.05) is 23.9 Å². The molecule has 1 saturated heterocycles. The highest BCUT2D eigenvalue weighted by Gasteiger charge is 2.47. The van der Waals surface area contributed by atoms with E-state index in [2.05, 4.69) is 5.32 Å². The fourth-order valence-electron chi connectivity index (χ4n) is 4.05. The standard InChI is InChI=1S/C27H23ClN2O5/c1-3-35-20-13-14-22(28)21(15-20)25(32)23-24(17-7-5-4-6-8-17)30(27(34)26(23)33)19-11-9-18(10-12-19)29-16(2)31/h4-15,24,32H,3H2,1-2H3,(H,29,31)/b25-23+. The molecule has 1 fully saturated rings. The van der Waals surface area contributed by atoms with Crippen LogP contribution in [0.3, 0.4) is 0 Å². The number of carbonyl (C=O) groups is 3. The number of ether oxygens (including phenoxy) is 1. The second-order valence-electron chi connectivity index (χ2n) is 7.88. The molecule has 1 heterocycles. The number of rotatable bonds is 6. The third kappa shape index (κ3) is 4.76. The highest BCUT2D eigenvalue weighted by atomic mass is 35.5. The van der Waals surface area contributed by atoms with Gasteiger partial charge in [-0.1, -0.05) is 41.9 Å². The summed E-state index contributed by atoms with van der Waals surface area (Å²) in [5, 5.41) is 14.2. The molecule has 0 saturated carbocycles. The summed E-state index contributed by atoms with van der Waals surface area (Å²) in [7, 11) is 0. The zero-order chi connectivity index (χ0) is 25.1. The second-order valence-corrected chi connectivity index (χ2v) is 8.29. The van der Waals surface area contributed by atoms with Gasteiger partial charge in [0.2, 0.25) is 5.91 Å². The van der Waals surface area contributed by atoms with Gasteiger partial charge in [-0.15, -0.1) is 0 Å². The summed E-state index contributed by atoms with van der Waals surface area (Å²) in [6, 6.07) is 19.4. The summed E-state index contributed by atoms with van der Waals surface area (Å²) >= 11 is 6.37. The van der Waals surface area contributed by atoms with Crippen molar-refractivity contribution in [2.24, 2.45) is 0 Å². The molecule has 1 aliphatic rings. The van der Waals surface area contributed by atoms with E-state index in [-0.39, 0.29) is 27.8 Å². The molecule has 1 aliphatic heterocycles. The first-order chi connectivity index (χ1) is 16.8. The van der Waals surface area contributed by atoms with Crippen molar-refractivity contribution < 1.29 is 24.2 Å². The van der Waals surface area contributed by atoms with Crippen LogP contribution in [-0.4, -0.2) is 29.3 Å². The molecule has 0 spiro atoms. The van der Waals surface area contributed by atoms with Crippen molar-refractivity contribution in [2.75, 3.05) is 16.8 Å². The van der Waals surface area contributed by atoms with E-state index < -0.39 is 17.7 Å². The molecule has 0 bridgehead atoms. The molecule has 1 unspecified atom stereocenters. The van der Waals surface area contributed by atoms with Crippen LogP contribution < -0.4 is 15.0 Å². The van der Waals surface area contributed by atoms with Gasteiger partial charge in [0.25, 0.3) is 11.7 Å². The van der Waals surface area contributed by atoms with Gasteiger partial charge in [-0.25, -0.2) is 0 Å². The number of anilines is 2.